The van der Waals surface area contributed by atoms with Crippen molar-refractivity contribution in [1.82, 2.24) is 15.2 Å². The van der Waals surface area contributed by atoms with Crippen LogP contribution in [0.4, 0.5) is 8.78 Å². The number of ether oxygens (including phenoxy) is 1. The Kier molecular flexibility index (Phi) is 5.62. The molecule has 0 saturated heterocycles. The Morgan fingerprint density at radius 2 is 1.84 bits per heavy atom. The van der Waals surface area contributed by atoms with Crippen molar-refractivity contribution in [3.8, 4) is 5.75 Å². The lowest BCUT2D eigenvalue weighted by Crippen LogP contribution is -2.03. The Morgan fingerprint density at radius 1 is 1.12 bits per heavy atom. The third-order valence-corrected chi connectivity index (χ3v) is 4.43. The number of halogens is 2. The van der Waals surface area contributed by atoms with E-state index in [2.05, 4.69) is 15.2 Å². The van der Waals surface area contributed by atoms with Gasteiger partial charge in [-0.1, -0.05) is 30.0 Å². The van der Waals surface area contributed by atoms with Gasteiger partial charge in [0, 0.05) is 5.75 Å². The zero-order chi connectivity index (χ0) is 17.6. The van der Waals surface area contributed by atoms with Gasteiger partial charge in [-0.25, -0.2) is 13.8 Å². The van der Waals surface area contributed by atoms with E-state index < -0.39 is 17.7 Å². The number of aromatic nitrogens is 3. The van der Waals surface area contributed by atoms with Gasteiger partial charge in [-0.3, -0.25) is 5.10 Å². The lowest BCUT2D eigenvalue weighted by atomic mass is 10.1. The van der Waals surface area contributed by atoms with Gasteiger partial charge >= 0.3 is 0 Å². The lowest BCUT2D eigenvalue weighted by Gasteiger charge is -2.12. The summed E-state index contributed by atoms with van der Waals surface area (Å²) in [6, 6.07) is 10.4. The highest BCUT2D eigenvalue weighted by molar-refractivity contribution is 7.99. The van der Waals surface area contributed by atoms with E-state index in [1.54, 1.807) is 24.3 Å². The Balaban J connectivity index is 1.56. The predicted octanol–water partition coefficient (Wildman–Crippen LogP) is 3.49. The number of nitrogens with one attached hydrogen (secondary N) is 1. The fourth-order valence-electron chi connectivity index (χ4n) is 2.13. The Bertz CT molecular complexity index is 793. The molecule has 130 valence electrons. The van der Waals surface area contributed by atoms with Gasteiger partial charge < -0.3 is 9.84 Å². The quantitative estimate of drug-likeness (QED) is 0.629. The maximum atomic E-state index is 13.6. The molecular weight excluding hydrogens is 348 g/mol. The van der Waals surface area contributed by atoms with Crippen molar-refractivity contribution in [2.75, 3.05) is 5.75 Å². The van der Waals surface area contributed by atoms with Crippen LogP contribution in [0.25, 0.3) is 0 Å². The molecule has 0 aliphatic rings. The first-order chi connectivity index (χ1) is 12.1. The van der Waals surface area contributed by atoms with Crippen LogP contribution in [0, 0.1) is 11.6 Å². The molecule has 2 aromatic carbocycles. The number of benzene rings is 2. The normalized spacial score (nSPS) is 12.1. The minimum atomic E-state index is -0.687. The Hall–Kier alpha value is -2.45. The van der Waals surface area contributed by atoms with Gasteiger partial charge in [0.15, 0.2) is 5.16 Å². The highest BCUT2D eigenvalue weighted by Crippen LogP contribution is 2.24. The molecule has 3 aromatic rings. The summed E-state index contributed by atoms with van der Waals surface area (Å²) in [7, 11) is 0. The zero-order valence-corrected chi connectivity index (χ0v) is 13.8. The summed E-state index contributed by atoms with van der Waals surface area (Å²) in [5.41, 5.74) is 0.589. The molecule has 25 heavy (non-hydrogen) atoms. The van der Waals surface area contributed by atoms with Crippen LogP contribution in [0.15, 0.2) is 53.9 Å². The summed E-state index contributed by atoms with van der Waals surface area (Å²) in [5, 5.41) is 17.2. The highest BCUT2D eigenvalue weighted by Gasteiger charge is 2.11. The van der Waals surface area contributed by atoms with Crippen LogP contribution >= 0.6 is 11.8 Å². The van der Waals surface area contributed by atoms with Crippen LogP contribution < -0.4 is 4.74 Å². The molecule has 0 aliphatic heterocycles. The van der Waals surface area contributed by atoms with Crippen molar-refractivity contribution >= 4 is 11.8 Å². The molecule has 1 aromatic heterocycles. The minimum Gasteiger partial charge on any atom is -0.489 e. The van der Waals surface area contributed by atoms with E-state index in [0.717, 1.165) is 0 Å². The van der Waals surface area contributed by atoms with E-state index in [0.29, 0.717) is 22.2 Å². The maximum Gasteiger partial charge on any atom is 0.183 e. The molecule has 5 nitrogen and oxygen atoms in total. The van der Waals surface area contributed by atoms with E-state index >= 15 is 0 Å². The standard InChI is InChI=1S/C17H15F2N3O2S/c18-14-2-1-3-15(19)13(14)8-24-12-6-4-11(5-7-12)16(23)9-25-17-20-10-21-22-17/h1-7,10,16,23H,8-9H2,(H,20,21,22). The van der Waals surface area contributed by atoms with E-state index in [1.807, 2.05) is 0 Å². The van der Waals surface area contributed by atoms with Crippen LogP contribution in [-0.4, -0.2) is 26.0 Å². The SMILES string of the molecule is OC(CSc1ncn[nH]1)c1ccc(OCc2c(F)cccc2F)cc1. The fraction of sp³-hybridized carbons (Fsp3) is 0.176. The largest absolute Gasteiger partial charge is 0.489 e. The first kappa shape index (κ1) is 17.4. The van der Waals surface area contributed by atoms with Crippen molar-refractivity contribution in [2.24, 2.45) is 0 Å². The average molecular weight is 363 g/mol. The fourth-order valence-corrected chi connectivity index (χ4v) is 2.88. The second-order valence-electron chi connectivity index (χ2n) is 5.18. The van der Waals surface area contributed by atoms with Crippen molar-refractivity contribution in [3.05, 3.63) is 71.6 Å². The molecule has 1 unspecified atom stereocenters. The first-order valence-corrected chi connectivity index (χ1v) is 8.44. The Morgan fingerprint density at radius 3 is 2.48 bits per heavy atom. The van der Waals surface area contributed by atoms with Crippen molar-refractivity contribution in [1.29, 1.82) is 0 Å². The topological polar surface area (TPSA) is 71.0 Å². The average Bonchev–Trinajstić information content (AvgIpc) is 3.13. The van der Waals surface area contributed by atoms with Gasteiger partial charge in [-0.2, -0.15) is 5.10 Å². The molecule has 0 fully saturated rings. The second kappa shape index (κ2) is 8.09. The van der Waals surface area contributed by atoms with Crippen molar-refractivity contribution in [3.63, 3.8) is 0 Å². The van der Waals surface area contributed by atoms with Crippen LogP contribution in [0.1, 0.15) is 17.2 Å². The van der Waals surface area contributed by atoms with Crippen LogP contribution in [0.5, 0.6) is 5.75 Å². The molecule has 3 rings (SSSR count). The molecule has 0 radical (unpaired) electrons. The van der Waals surface area contributed by atoms with Crippen LogP contribution in [0.2, 0.25) is 0 Å². The van der Waals surface area contributed by atoms with Crippen molar-refractivity contribution < 1.29 is 18.6 Å². The summed E-state index contributed by atoms with van der Waals surface area (Å²) in [5.74, 6) is -0.412. The maximum absolute atomic E-state index is 13.6. The van der Waals surface area contributed by atoms with E-state index in [-0.39, 0.29) is 12.2 Å². The number of aliphatic hydroxyl groups excluding tert-OH is 1. The monoisotopic (exact) mass is 363 g/mol. The number of aliphatic hydroxyl groups is 1. The molecule has 2 N–H and O–H groups in total. The third kappa shape index (κ3) is 4.55. The summed E-state index contributed by atoms with van der Waals surface area (Å²) in [6.07, 6.45) is 0.715. The number of rotatable bonds is 7. The number of hydrogen-bond donors (Lipinski definition) is 2. The highest BCUT2D eigenvalue weighted by atomic mass is 32.2. The molecule has 0 bridgehead atoms. The van der Waals surface area contributed by atoms with Gasteiger partial charge in [-0.15, -0.1) is 0 Å². The van der Waals surface area contributed by atoms with Crippen molar-refractivity contribution in [2.45, 2.75) is 17.9 Å². The number of nitrogens with zero attached hydrogens (tertiary/aromatic N) is 2. The molecule has 1 heterocycles. The van der Waals surface area contributed by atoms with Gasteiger partial charge in [0.25, 0.3) is 0 Å². The van der Waals surface area contributed by atoms with E-state index in [9.17, 15) is 13.9 Å². The van der Waals surface area contributed by atoms with E-state index in [1.165, 1.54) is 36.3 Å². The first-order valence-electron chi connectivity index (χ1n) is 7.45. The summed E-state index contributed by atoms with van der Waals surface area (Å²) >= 11 is 1.35. The minimum absolute atomic E-state index is 0.116. The number of aromatic amines is 1. The second-order valence-corrected chi connectivity index (χ2v) is 6.18. The van der Waals surface area contributed by atoms with Gasteiger partial charge in [0.05, 0.1) is 11.7 Å². The van der Waals surface area contributed by atoms with Crippen LogP contribution in [-0.2, 0) is 6.61 Å². The van der Waals surface area contributed by atoms with Gasteiger partial charge in [0.2, 0.25) is 0 Å². The number of thioether (sulfide) groups is 1. The van der Waals surface area contributed by atoms with E-state index in [4.69, 9.17) is 4.74 Å². The summed E-state index contributed by atoms with van der Waals surface area (Å²) in [6.45, 7) is -0.207. The number of hydrogen-bond acceptors (Lipinski definition) is 5. The zero-order valence-electron chi connectivity index (χ0n) is 13.0. The Labute approximate surface area is 147 Å². The summed E-state index contributed by atoms with van der Waals surface area (Å²) < 4.78 is 32.5. The molecule has 0 amide bonds. The molecule has 0 spiro atoms. The molecule has 8 heteroatoms. The number of H-pyrrole nitrogens is 1. The van der Waals surface area contributed by atoms with Crippen LogP contribution in [0.3, 0.4) is 0 Å². The smallest absolute Gasteiger partial charge is 0.183 e. The summed E-state index contributed by atoms with van der Waals surface area (Å²) in [4.78, 5) is 3.97. The molecule has 0 saturated carbocycles. The van der Waals surface area contributed by atoms with Gasteiger partial charge in [-0.05, 0) is 29.8 Å². The third-order valence-electron chi connectivity index (χ3n) is 3.48. The lowest BCUT2D eigenvalue weighted by molar-refractivity contribution is 0.204. The molecular formula is C17H15F2N3O2S. The molecule has 0 aliphatic carbocycles. The van der Waals surface area contributed by atoms with Gasteiger partial charge in [0.1, 0.15) is 30.3 Å². The molecule has 1 atom stereocenters. The predicted molar refractivity (Wildman–Crippen MR) is 89.2 cm³/mol.